The van der Waals surface area contributed by atoms with Crippen LogP contribution in [0.15, 0.2) is 30.3 Å². The van der Waals surface area contributed by atoms with Gasteiger partial charge >= 0.3 is 0 Å². The first-order valence-corrected chi connectivity index (χ1v) is 4.87. The number of para-hydroxylation sites is 1. The fourth-order valence-corrected chi connectivity index (χ4v) is 1.36. The Morgan fingerprint density at radius 1 is 1.25 bits per heavy atom. The number of halogens is 2. The Morgan fingerprint density at radius 2 is 1.81 bits per heavy atom. The molecule has 0 saturated heterocycles. The fraction of sp³-hybridized carbons (Fsp3) is 0.364. The minimum absolute atomic E-state index is 0. The molecule has 0 heterocycles. The standard InChI is InChI=1S/C11H17N3.2ClH/c1-2-14(9-8-11(12)13)10-6-4-3-5-7-10;;/h3-7H,2,8-9H2,1H3,(H3,12,13);2*1H. The van der Waals surface area contributed by atoms with Crippen LogP contribution >= 0.6 is 24.8 Å². The molecule has 0 atom stereocenters. The van der Waals surface area contributed by atoms with Crippen molar-refractivity contribution in [3.63, 3.8) is 0 Å². The number of nitrogens with two attached hydrogens (primary N) is 1. The van der Waals surface area contributed by atoms with Crippen LogP contribution in [0.3, 0.4) is 0 Å². The van der Waals surface area contributed by atoms with Crippen LogP contribution in [0, 0.1) is 5.41 Å². The molecular formula is C11H19Cl2N3. The lowest BCUT2D eigenvalue weighted by molar-refractivity contribution is 0.831. The Balaban J connectivity index is 0. The molecule has 0 aliphatic carbocycles. The summed E-state index contributed by atoms with van der Waals surface area (Å²) in [6.45, 7) is 3.86. The van der Waals surface area contributed by atoms with E-state index in [2.05, 4.69) is 24.0 Å². The average Bonchev–Trinajstić information content (AvgIpc) is 2.20. The van der Waals surface area contributed by atoms with E-state index in [0.29, 0.717) is 6.42 Å². The van der Waals surface area contributed by atoms with Crippen molar-refractivity contribution >= 4 is 36.3 Å². The van der Waals surface area contributed by atoms with Gasteiger partial charge in [0.15, 0.2) is 0 Å². The molecule has 0 fully saturated rings. The highest BCUT2D eigenvalue weighted by atomic mass is 35.5. The molecule has 0 aliphatic heterocycles. The van der Waals surface area contributed by atoms with E-state index in [1.807, 2.05) is 18.2 Å². The van der Waals surface area contributed by atoms with Crippen molar-refractivity contribution < 1.29 is 0 Å². The van der Waals surface area contributed by atoms with Crippen molar-refractivity contribution in [2.24, 2.45) is 5.73 Å². The Morgan fingerprint density at radius 3 is 2.25 bits per heavy atom. The molecule has 92 valence electrons. The highest BCUT2D eigenvalue weighted by molar-refractivity contribution is 5.85. The highest BCUT2D eigenvalue weighted by Gasteiger charge is 2.02. The van der Waals surface area contributed by atoms with Crippen LogP contribution in [0.5, 0.6) is 0 Å². The first kappa shape index (κ1) is 17.5. The van der Waals surface area contributed by atoms with Gasteiger partial charge in [-0.3, -0.25) is 5.41 Å². The van der Waals surface area contributed by atoms with Gasteiger partial charge in [0.1, 0.15) is 0 Å². The van der Waals surface area contributed by atoms with E-state index in [4.69, 9.17) is 11.1 Å². The van der Waals surface area contributed by atoms with Crippen LogP contribution in [0.1, 0.15) is 13.3 Å². The molecule has 5 heteroatoms. The van der Waals surface area contributed by atoms with Crippen molar-refractivity contribution in [3.05, 3.63) is 30.3 Å². The second-order valence-electron chi connectivity index (χ2n) is 3.19. The number of hydrogen-bond donors (Lipinski definition) is 2. The molecule has 0 radical (unpaired) electrons. The van der Waals surface area contributed by atoms with Gasteiger partial charge in [0, 0.05) is 25.2 Å². The number of nitrogens with zero attached hydrogens (tertiary/aromatic N) is 1. The highest BCUT2D eigenvalue weighted by Crippen LogP contribution is 2.12. The maximum Gasteiger partial charge on any atom is 0.0923 e. The molecular weight excluding hydrogens is 245 g/mol. The Kier molecular flexibility index (Phi) is 10.2. The van der Waals surface area contributed by atoms with Crippen LogP contribution in [0.2, 0.25) is 0 Å². The zero-order chi connectivity index (χ0) is 10.4. The van der Waals surface area contributed by atoms with Crippen molar-refractivity contribution in [2.75, 3.05) is 18.0 Å². The van der Waals surface area contributed by atoms with E-state index in [0.717, 1.165) is 13.1 Å². The van der Waals surface area contributed by atoms with Gasteiger partial charge in [-0.25, -0.2) is 0 Å². The van der Waals surface area contributed by atoms with Gasteiger partial charge in [-0.15, -0.1) is 24.8 Å². The van der Waals surface area contributed by atoms with Crippen LogP contribution in [-0.4, -0.2) is 18.9 Å². The Bertz CT molecular complexity index is 291. The Hall–Kier alpha value is -0.930. The molecule has 0 spiro atoms. The zero-order valence-corrected chi connectivity index (χ0v) is 11.0. The number of benzene rings is 1. The molecule has 0 unspecified atom stereocenters. The molecule has 1 aromatic rings. The first-order valence-electron chi connectivity index (χ1n) is 4.87. The summed E-state index contributed by atoms with van der Waals surface area (Å²) in [5, 5.41) is 7.18. The van der Waals surface area contributed by atoms with Gasteiger partial charge in [-0.05, 0) is 19.1 Å². The lowest BCUT2D eigenvalue weighted by atomic mass is 10.2. The number of rotatable bonds is 5. The summed E-state index contributed by atoms with van der Waals surface area (Å²) in [7, 11) is 0. The molecule has 1 rings (SSSR count). The third kappa shape index (κ3) is 5.83. The quantitative estimate of drug-likeness (QED) is 0.634. The topological polar surface area (TPSA) is 53.1 Å². The lowest BCUT2D eigenvalue weighted by Gasteiger charge is -2.22. The zero-order valence-electron chi connectivity index (χ0n) is 9.35. The van der Waals surface area contributed by atoms with Crippen LogP contribution in [-0.2, 0) is 0 Å². The monoisotopic (exact) mass is 263 g/mol. The predicted octanol–water partition coefficient (Wildman–Crippen LogP) is 2.68. The van der Waals surface area contributed by atoms with E-state index in [1.54, 1.807) is 0 Å². The third-order valence-corrected chi connectivity index (χ3v) is 2.15. The molecule has 0 bridgehead atoms. The molecule has 1 aromatic carbocycles. The first-order chi connectivity index (χ1) is 6.74. The number of nitrogens with one attached hydrogen (secondary N) is 1. The summed E-state index contributed by atoms with van der Waals surface area (Å²) in [4.78, 5) is 2.21. The second-order valence-corrected chi connectivity index (χ2v) is 3.19. The van der Waals surface area contributed by atoms with Crippen LogP contribution in [0.25, 0.3) is 0 Å². The van der Waals surface area contributed by atoms with E-state index in [1.165, 1.54) is 5.69 Å². The summed E-state index contributed by atoms with van der Waals surface area (Å²) >= 11 is 0. The van der Waals surface area contributed by atoms with Crippen molar-refractivity contribution in [1.82, 2.24) is 0 Å². The molecule has 0 amide bonds. The maximum absolute atomic E-state index is 7.18. The number of hydrogen-bond acceptors (Lipinski definition) is 2. The second kappa shape index (κ2) is 9.31. The molecule has 0 aliphatic rings. The number of amidine groups is 1. The maximum atomic E-state index is 7.18. The molecule has 3 N–H and O–H groups in total. The van der Waals surface area contributed by atoms with Crippen molar-refractivity contribution in [2.45, 2.75) is 13.3 Å². The summed E-state index contributed by atoms with van der Waals surface area (Å²) < 4.78 is 0. The normalized spacial score (nSPS) is 8.56. The molecule has 0 saturated carbocycles. The fourth-order valence-electron chi connectivity index (χ4n) is 1.36. The largest absolute Gasteiger partial charge is 0.388 e. The third-order valence-electron chi connectivity index (χ3n) is 2.15. The van der Waals surface area contributed by atoms with E-state index < -0.39 is 0 Å². The van der Waals surface area contributed by atoms with Gasteiger partial charge in [-0.1, -0.05) is 18.2 Å². The lowest BCUT2D eigenvalue weighted by Crippen LogP contribution is -2.27. The Labute approximate surface area is 109 Å². The predicted molar refractivity (Wildman–Crippen MR) is 75.4 cm³/mol. The van der Waals surface area contributed by atoms with E-state index in [-0.39, 0.29) is 30.6 Å². The minimum atomic E-state index is 0. The van der Waals surface area contributed by atoms with Gasteiger partial charge in [-0.2, -0.15) is 0 Å². The summed E-state index contributed by atoms with van der Waals surface area (Å²) in [5.41, 5.74) is 6.52. The average molecular weight is 264 g/mol. The summed E-state index contributed by atoms with van der Waals surface area (Å²) in [6, 6.07) is 10.2. The number of anilines is 1. The van der Waals surface area contributed by atoms with E-state index >= 15 is 0 Å². The van der Waals surface area contributed by atoms with Gasteiger partial charge in [0.2, 0.25) is 0 Å². The van der Waals surface area contributed by atoms with Crippen molar-refractivity contribution in [3.8, 4) is 0 Å². The smallest absolute Gasteiger partial charge is 0.0923 e. The van der Waals surface area contributed by atoms with Gasteiger partial charge < -0.3 is 10.6 Å². The van der Waals surface area contributed by atoms with E-state index in [9.17, 15) is 0 Å². The molecule has 3 nitrogen and oxygen atoms in total. The molecule has 0 aromatic heterocycles. The molecule has 16 heavy (non-hydrogen) atoms. The SMILES string of the molecule is CCN(CCC(=N)N)c1ccccc1.Cl.Cl. The van der Waals surface area contributed by atoms with Gasteiger partial charge in [0.05, 0.1) is 5.84 Å². The van der Waals surface area contributed by atoms with Crippen LogP contribution in [0.4, 0.5) is 5.69 Å². The van der Waals surface area contributed by atoms with Crippen LogP contribution < -0.4 is 10.6 Å². The summed E-state index contributed by atoms with van der Waals surface area (Å²) in [6.07, 6.45) is 0.628. The summed E-state index contributed by atoms with van der Waals surface area (Å²) in [5.74, 6) is 0.249. The van der Waals surface area contributed by atoms with Crippen molar-refractivity contribution in [1.29, 1.82) is 5.41 Å². The minimum Gasteiger partial charge on any atom is -0.388 e. The van der Waals surface area contributed by atoms with Gasteiger partial charge in [0.25, 0.3) is 0 Å².